The Morgan fingerprint density at radius 3 is 2.64 bits per heavy atom. The number of ether oxygens (including phenoxy) is 1. The highest BCUT2D eigenvalue weighted by molar-refractivity contribution is 5.87. The molecule has 0 fully saturated rings. The predicted octanol–water partition coefficient (Wildman–Crippen LogP) is 4.15. The lowest BCUT2D eigenvalue weighted by Gasteiger charge is -2.11. The van der Waals surface area contributed by atoms with Crippen molar-refractivity contribution in [3.8, 4) is 0 Å². The highest BCUT2D eigenvalue weighted by atomic mass is 16.5. The van der Waals surface area contributed by atoms with E-state index >= 15 is 0 Å². The minimum Gasteiger partial charge on any atom is -0.455 e. The molecule has 0 aliphatic carbocycles. The molecule has 0 N–H and O–H groups in total. The SMILES string of the molecule is CC(OC(=O)/C=C/c1nc2ccccc2o1)c1ccccc1. The maximum atomic E-state index is 11.8. The molecule has 0 saturated carbocycles. The van der Waals surface area contributed by atoms with Crippen LogP contribution in [0.25, 0.3) is 17.2 Å². The zero-order valence-electron chi connectivity index (χ0n) is 12.1. The van der Waals surface area contributed by atoms with E-state index in [0.717, 1.165) is 11.1 Å². The van der Waals surface area contributed by atoms with Gasteiger partial charge in [-0.3, -0.25) is 0 Å². The first-order valence-electron chi connectivity index (χ1n) is 7.01. The number of hydrogen-bond donors (Lipinski definition) is 0. The van der Waals surface area contributed by atoms with E-state index < -0.39 is 5.97 Å². The normalized spacial score (nSPS) is 12.6. The van der Waals surface area contributed by atoms with E-state index in [1.54, 1.807) is 0 Å². The lowest BCUT2D eigenvalue weighted by molar-refractivity contribution is -0.142. The fourth-order valence-corrected chi connectivity index (χ4v) is 2.11. The summed E-state index contributed by atoms with van der Waals surface area (Å²) in [5, 5.41) is 0. The molecule has 2 aromatic carbocycles. The molecule has 3 rings (SSSR count). The summed E-state index contributed by atoms with van der Waals surface area (Å²) in [6.45, 7) is 1.83. The van der Waals surface area contributed by atoms with Gasteiger partial charge in [0.25, 0.3) is 0 Å². The van der Waals surface area contributed by atoms with Crippen LogP contribution in [0.2, 0.25) is 0 Å². The van der Waals surface area contributed by atoms with E-state index in [-0.39, 0.29) is 6.10 Å². The van der Waals surface area contributed by atoms with Crippen molar-refractivity contribution < 1.29 is 13.9 Å². The Morgan fingerprint density at radius 1 is 1.14 bits per heavy atom. The van der Waals surface area contributed by atoms with Crippen molar-refractivity contribution in [1.29, 1.82) is 0 Å². The minimum atomic E-state index is -0.432. The first-order valence-corrected chi connectivity index (χ1v) is 7.01. The van der Waals surface area contributed by atoms with Gasteiger partial charge in [0.1, 0.15) is 11.6 Å². The molecule has 1 unspecified atom stereocenters. The molecule has 0 aliphatic heterocycles. The van der Waals surface area contributed by atoms with Gasteiger partial charge in [-0.25, -0.2) is 9.78 Å². The van der Waals surface area contributed by atoms with Gasteiger partial charge in [0, 0.05) is 12.2 Å². The van der Waals surface area contributed by atoms with E-state index in [2.05, 4.69) is 4.98 Å². The number of hydrogen-bond acceptors (Lipinski definition) is 4. The standard InChI is InChI=1S/C18H15NO3/c1-13(14-7-3-2-4-8-14)21-18(20)12-11-17-19-15-9-5-6-10-16(15)22-17/h2-13H,1H3/b12-11+. The highest BCUT2D eigenvalue weighted by Gasteiger charge is 2.09. The summed E-state index contributed by atoms with van der Waals surface area (Å²) < 4.78 is 10.8. The van der Waals surface area contributed by atoms with Crippen LogP contribution in [-0.4, -0.2) is 11.0 Å². The van der Waals surface area contributed by atoms with Crippen LogP contribution < -0.4 is 0 Å². The minimum absolute atomic E-state index is 0.304. The van der Waals surface area contributed by atoms with E-state index in [4.69, 9.17) is 9.15 Å². The Morgan fingerprint density at radius 2 is 1.86 bits per heavy atom. The second-order valence-electron chi connectivity index (χ2n) is 4.84. The molecule has 0 aliphatic rings. The second-order valence-corrected chi connectivity index (χ2v) is 4.84. The molecule has 0 bridgehead atoms. The van der Waals surface area contributed by atoms with E-state index in [1.165, 1.54) is 12.2 Å². The van der Waals surface area contributed by atoms with Gasteiger partial charge in [-0.05, 0) is 24.6 Å². The third kappa shape index (κ3) is 3.23. The molecule has 0 saturated heterocycles. The number of para-hydroxylation sites is 2. The molecule has 110 valence electrons. The zero-order valence-corrected chi connectivity index (χ0v) is 12.1. The summed E-state index contributed by atoms with van der Waals surface area (Å²) in [6, 6.07) is 17.0. The second kappa shape index (κ2) is 6.26. The third-order valence-electron chi connectivity index (χ3n) is 3.23. The molecule has 4 heteroatoms. The molecular formula is C18H15NO3. The molecule has 4 nitrogen and oxygen atoms in total. The fourth-order valence-electron chi connectivity index (χ4n) is 2.11. The number of benzene rings is 2. The molecule has 0 radical (unpaired) electrons. The van der Waals surface area contributed by atoms with Crippen LogP contribution in [0.5, 0.6) is 0 Å². The van der Waals surface area contributed by atoms with Crippen LogP contribution in [0.3, 0.4) is 0 Å². The van der Waals surface area contributed by atoms with Gasteiger partial charge >= 0.3 is 5.97 Å². The summed E-state index contributed by atoms with van der Waals surface area (Å²) in [4.78, 5) is 16.1. The molecule has 1 aromatic heterocycles. The van der Waals surface area contributed by atoms with Gasteiger partial charge in [0.05, 0.1) is 0 Å². The smallest absolute Gasteiger partial charge is 0.331 e. The van der Waals surface area contributed by atoms with Crippen LogP contribution >= 0.6 is 0 Å². The van der Waals surface area contributed by atoms with Crippen LogP contribution in [0, 0.1) is 0 Å². The fraction of sp³-hybridized carbons (Fsp3) is 0.111. The molecule has 1 heterocycles. The molecular weight excluding hydrogens is 278 g/mol. The van der Waals surface area contributed by atoms with Gasteiger partial charge in [0.2, 0.25) is 5.89 Å². The lowest BCUT2D eigenvalue weighted by Crippen LogP contribution is -2.05. The Kier molecular flexibility index (Phi) is 4.01. The Bertz CT molecular complexity index is 772. The molecule has 3 aromatic rings. The molecule has 0 spiro atoms. The van der Waals surface area contributed by atoms with E-state index in [9.17, 15) is 4.79 Å². The summed E-state index contributed by atoms with van der Waals surface area (Å²) in [5.74, 6) is -0.0517. The van der Waals surface area contributed by atoms with Crippen LogP contribution in [0.15, 0.2) is 65.1 Å². The number of oxazole rings is 1. The number of nitrogens with zero attached hydrogens (tertiary/aromatic N) is 1. The maximum absolute atomic E-state index is 11.8. The van der Waals surface area contributed by atoms with Gasteiger partial charge < -0.3 is 9.15 Å². The highest BCUT2D eigenvalue weighted by Crippen LogP contribution is 2.18. The Labute approximate surface area is 128 Å². The Hall–Kier alpha value is -2.88. The third-order valence-corrected chi connectivity index (χ3v) is 3.23. The predicted molar refractivity (Wildman–Crippen MR) is 84.0 cm³/mol. The zero-order chi connectivity index (χ0) is 15.4. The van der Waals surface area contributed by atoms with Crippen molar-refractivity contribution in [2.75, 3.05) is 0 Å². The number of rotatable bonds is 4. The Balaban J connectivity index is 1.66. The van der Waals surface area contributed by atoms with Gasteiger partial charge in [-0.1, -0.05) is 42.5 Å². The lowest BCUT2D eigenvalue weighted by atomic mass is 10.1. The number of aromatic nitrogens is 1. The molecule has 22 heavy (non-hydrogen) atoms. The van der Waals surface area contributed by atoms with Crippen LogP contribution in [0.1, 0.15) is 24.5 Å². The summed E-state index contributed by atoms with van der Waals surface area (Å²) >= 11 is 0. The molecule has 0 amide bonds. The van der Waals surface area contributed by atoms with Gasteiger partial charge in [0.15, 0.2) is 5.58 Å². The summed E-state index contributed by atoms with van der Waals surface area (Å²) in [6.07, 6.45) is 2.53. The van der Waals surface area contributed by atoms with Crippen molar-refractivity contribution in [3.63, 3.8) is 0 Å². The summed E-state index contributed by atoms with van der Waals surface area (Å²) in [7, 11) is 0. The average molecular weight is 293 g/mol. The summed E-state index contributed by atoms with van der Waals surface area (Å²) in [5.41, 5.74) is 2.40. The van der Waals surface area contributed by atoms with Crippen LogP contribution in [-0.2, 0) is 9.53 Å². The number of carbonyl (C=O) groups is 1. The monoisotopic (exact) mass is 293 g/mol. The largest absolute Gasteiger partial charge is 0.455 e. The van der Waals surface area contributed by atoms with Crippen molar-refractivity contribution in [2.24, 2.45) is 0 Å². The van der Waals surface area contributed by atoms with Crippen LogP contribution in [0.4, 0.5) is 0 Å². The van der Waals surface area contributed by atoms with E-state index in [1.807, 2.05) is 61.5 Å². The molecule has 1 atom stereocenters. The van der Waals surface area contributed by atoms with Crippen molar-refractivity contribution in [2.45, 2.75) is 13.0 Å². The van der Waals surface area contributed by atoms with Crippen molar-refractivity contribution in [3.05, 3.63) is 72.1 Å². The van der Waals surface area contributed by atoms with Gasteiger partial charge in [-0.2, -0.15) is 0 Å². The quantitative estimate of drug-likeness (QED) is 0.535. The van der Waals surface area contributed by atoms with Crippen molar-refractivity contribution >= 4 is 23.1 Å². The first kappa shape index (κ1) is 14.1. The van der Waals surface area contributed by atoms with Gasteiger partial charge in [-0.15, -0.1) is 0 Å². The average Bonchev–Trinajstić information content (AvgIpc) is 2.96. The number of carbonyl (C=O) groups excluding carboxylic acids is 1. The number of fused-ring (bicyclic) bond motifs is 1. The van der Waals surface area contributed by atoms with Crippen molar-refractivity contribution in [1.82, 2.24) is 4.98 Å². The maximum Gasteiger partial charge on any atom is 0.331 e. The topological polar surface area (TPSA) is 52.3 Å². The van der Waals surface area contributed by atoms with E-state index in [0.29, 0.717) is 11.5 Å². The number of esters is 1. The first-order chi connectivity index (χ1) is 10.7.